The number of ether oxygens (including phenoxy) is 3. The van der Waals surface area contributed by atoms with E-state index < -0.39 is 5.97 Å². The van der Waals surface area contributed by atoms with Gasteiger partial charge >= 0.3 is 17.9 Å². The number of carboxylic acid groups (broad SMARTS) is 1. The van der Waals surface area contributed by atoms with Crippen LogP contribution in [0.4, 0.5) is 0 Å². The molecular weight excluding hydrogens is 771 g/mol. The van der Waals surface area contributed by atoms with Crippen LogP contribution in [-0.4, -0.2) is 61.8 Å². The van der Waals surface area contributed by atoms with E-state index in [-0.39, 0.29) is 54.6 Å². The van der Waals surface area contributed by atoms with Crippen molar-refractivity contribution < 1.29 is 43.3 Å². The van der Waals surface area contributed by atoms with Crippen LogP contribution in [0.1, 0.15) is 79.8 Å². The number of carboxylic acids is 1. The molecule has 10 heteroatoms. The minimum atomic E-state index is -0.984. The average Bonchev–Trinajstić information content (AvgIpc) is 3.79. The van der Waals surface area contributed by atoms with E-state index in [1.54, 1.807) is 36.4 Å². The van der Waals surface area contributed by atoms with Crippen molar-refractivity contribution in [2.75, 3.05) is 33.0 Å². The molecule has 10 nitrogen and oxygen atoms in total. The third-order valence-electron chi connectivity index (χ3n) is 10.5. The molecular formula is C51H49NO9. The summed E-state index contributed by atoms with van der Waals surface area (Å²) < 4.78 is 16.4. The summed E-state index contributed by atoms with van der Waals surface area (Å²) in [5, 5.41) is 8.93. The van der Waals surface area contributed by atoms with Crippen LogP contribution in [-0.2, 0) is 41.5 Å². The standard InChI is InChI=1S/C26H24O4.C23H18O4.C2H7NO/c1-2-29-17-25(27)19-13-11-18(12-14-19)15-26(28)30-16-24-22-9-5-3-7-20(22)21-8-4-6-10-23(21)24;24-22(13-15-9-11-16(12-10-15)23(25)26)27-14-21-19-7-3-1-5-17(19)18-6-2-4-8-20(18)21;1-2-4-3/h3-14,24H,2,15-17H2,1H3;1-12,21H,13-14H2,(H,25,26);2-3H2,1H3. The van der Waals surface area contributed by atoms with Crippen molar-refractivity contribution in [2.45, 2.75) is 38.5 Å². The van der Waals surface area contributed by atoms with Gasteiger partial charge in [0.2, 0.25) is 0 Å². The van der Waals surface area contributed by atoms with Crippen LogP contribution in [0.5, 0.6) is 0 Å². The van der Waals surface area contributed by atoms with E-state index in [2.05, 4.69) is 59.3 Å². The first-order valence-corrected chi connectivity index (χ1v) is 20.2. The molecule has 8 rings (SSSR count). The molecule has 0 aromatic heterocycles. The Hall–Kier alpha value is -6.72. The molecule has 2 aliphatic carbocycles. The zero-order valence-corrected chi connectivity index (χ0v) is 34.3. The molecule has 0 amide bonds. The molecule has 0 heterocycles. The maximum Gasteiger partial charge on any atom is 0.335 e. The summed E-state index contributed by atoms with van der Waals surface area (Å²) in [6.45, 7) is 5.47. The van der Waals surface area contributed by atoms with Crippen LogP contribution >= 0.6 is 0 Å². The van der Waals surface area contributed by atoms with Gasteiger partial charge in [-0.1, -0.05) is 133 Å². The summed E-state index contributed by atoms with van der Waals surface area (Å²) in [6, 6.07) is 46.3. The molecule has 3 N–H and O–H groups in total. The van der Waals surface area contributed by atoms with Gasteiger partial charge in [0, 0.05) is 24.0 Å². The lowest BCUT2D eigenvalue weighted by Crippen LogP contribution is -2.14. The molecule has 0 spiro atoms. The fraction of sp³-hybridized carbons (Fsp3) is 0.216. The highest BCUT2D eigenvalue weighted by Gasteiger charge is 2.30. The maximum atomic E-state index is 12.4. The van der Waals surface area contributed by atoms with Crippen LogP contribution in [0.2, 0.25) is 0 Å². The van der Waals surface area contributed by atoms with Gasteiger partial charge in [-0.2, -0.15) is 0 Å². The van der Waals surface area contributed by atoms with Gasteiger partial charge in [-0.25, -0.2) is 10.7 Å². The highest BCUT2D eigenvalue weighted by Crippen LogP contribution is 2.45. The molecule has 6 aromatic rings. The Morgan fingerprint density at radius 2 is 0.852 bits per heavy atom. The molecule has 0 atom stereocenters. The summed E-state index contributed by atoms with van der Waals surface area (Å²) >= 11 is 0. The number of ketones is 1. The quantitative estimate of drug-likeness (QED) is 0.0619. The van der Waals surface area contributed by atoms with Gasteiger partial charge in [-0.3, -0.25) is 14.4 Å². The predicted octanol–water partition coefficient (Wildman–Crippen LogP) is 8.98. The monoisotopic (exact) mass is 819 g/mol. The van der Waals surface area contributed by atoms with Crippen molar-refractivity contribution >= 4 is 23.7 Å². The van der Waals surface area contributed by atoms with Crippen LogP contribution in [0.25, 0.3) is 22.3 Å². The van der Waals surface area contributed by atoms with Crippen molar-refractivity contribution in [3.05, 3.63) is 190 Å². The summed E-state index contributed by atoms with van der Waals surface area (Å²) in [7, 11) is 0. The highest BCUT2D eigenvalue weighted by molar-refractivity contribution is 5.97. The second kappa shape index (κ2) is 21.5. The molecule has 0 aliphatic heterocycles. The van der Waals surface area contributed by atoms with E-state index in [0.29, 0.717) is 32.0 Å². The Balaban J connectivity index is 0.000000189. The molecule has 312 valence electrons. The number of esters is 2. The zero-order valence-electron chi connectivity index (χ0n) is 34.3. The fourth-order valence-corrected chi connectivity index (χ4v) is 7.52. The van der Waals surface area contributed by atoms with Crippen molar-refractivity contribution in [3.63, 3.8) is 0 Å². The zero-order chi connectivity index (χ0) is 43.1. The number of rotatable bonds is 14. The van der Waals surface area contributed by atoms with Crippen LogP contribution in [0.15, 0.2) is 146 Å². The van der Waals surface area contributed by atoms with Crippen molar-refractivity contribution in [1.29, 1.82) is 0 Å². The van der Waals surface area contributed by atoms with Gasteiger partial charge in [-0.15, -0.1) is 0 Å². The minimum Gasteiger partial charge on any atom is -0.478 e. The van der Waals surface area contributed by atoms with E-state index in [1.807, 2.05) is 62.4 Å². The molecule has 0 fully saturated rings. The lowest BCUT2D eigenvalue weighted by Gasteiger charge is -2.14. The molecule has 0 unspecified atom stereocenters. The average molecular weight is 820 g/mol. The molecule has 0 bridgehead atoms. The third-order valence-corrected chi connectivity index (χ3v) is 10.5. The summed E-state index contributed by atoms with van der Waals surface area (Å²) in [4.78, 5) is 51.6. The van der Waals surface area contributed by atoms with Gasteiger partial charge in [0.05, 0.1) is 25.0 Å². The first kappa shape index (κ1) is 43.8. The molecule has 2 aliphatic rings. The Morgan fingerprint density at radius 3 is 1.18 bits per heavy atom. The molecule has 0 radical (unpaired) electrons. The number of nitrogens with two attached hydrogens (primary N) is 1. The van der Waals surface area contributed by atoms with Crippen LogP contribution in [0, 0.1) is 0 Å². The Labute approximate surface area is 355 Å². The van der Waals surface area contributed by atoms with Gasteiger partial charge in [0.1, 0.15) is 19.8 Å². The maximum absolute atomic E-state index is 12.4. The van der Waals surface area contributed by atoms with E-state index in [0.717, 1.165) is 11.1 Å². The van der Waals surface area contributed by atoms with Gasteiger partial charge < -0.3 is 24.2 Å². The normalized spacial score (nSPS) is 12.0. The lowest BCUT2D eigenvalue weighted by molar-refractivity contribution is -0.144. The lowest BCUT2D eigenvalue weighted by atomic mass is 9.98. The van der Waals surface area contributed by atoms with E-state index >= 15 is 0 Å². The van der Waals surface area contributed by atoms with Gasteiger partial charge in [0.15, 0.2) is 5.78 Å². The largest absolute Gasteiger partial charge is 0.478 e. The Morgan fingerprint density at radius 1 is 0.508 bits per heavy atom. The third kappa shape index (κ3) is 11.1. The molecule has 0 saturated carbocycles. The van der Waals surface area contributed by atoms with Gasteiger partial charge in [-0.05, 0) is 81.6 Å². The predicted molar refractivity (Wildman–Crippen MR) is 233 cm³/mol. The van der Waals surface area contributed by atoms with E-state index in [4.69, 9.17) is 19.3 Å². The summed E-state index contributed by atoms with van der Waals surface area (Å²) in [5.74, 6) is 2.98. The number of benzene rings is 6. The van der Waals surface area contributed by atoms with Crippen LogP contribution < -0.4 is 5.90 Å². The van der Waals surface area contributed by atoms with E-state index in [1.165, 1.54) is 56.6 Å². The summed E-state index contributed by atoms with van der Waals surface area (Å²) in [6.07, 6.45) is 0.297. The smallest absolute Gasteiger partial charge is 0.335 e. The Kier molecular flexibility index (Phi) is 15.5. The number of hydrogen-bond acceptors (Lipinski definition) is 9. The van der Waals surface area contributed by atoms with Crippen molar-refractivity contribution in [1.82, 2.24) is 0 Å². The van der Waals surface area contributed by atoms with Crippen LogP contribution in [0.3, 0.4) is 0 Å². The number of hydrogen-bond donors (Lipinski definition) is 2. The topological polar surface area (TPSA) is 151 Å². The number of carbonyl (C=O) groups excluding carboxylic acids is 3. The highest BCUT2D eigenvalue weighted by atomic mass is 16.6. The first-order valence-electron chi connectivity index (χ1n) is 20.2. The number of Topliss-reactive ketones (excluding diaryl/α,β-unsaturated/α-hetero) is 1. The molecule has 61 heavy (non-hydrogen) atoms. The number of fused-ring (bicyclic) bond motifs is 6. The van der Waals surface area contributed by atoms with E-state index in [9.17, 15) is 19.2 Å². The summed E-state index contributed by atoms with van der Waals surface area (Å²) in [5.41, 5.74) is 11.9. The molecule has 0 saturated heterocycles. The van der Waals surface area contributed by atoms with Gasteiger partial charge in [0.25, 0.3) is 0 Å². The minimum absolute atomic E-state index is 0.0377. The first-order chi connectivity index (χ1) is 29.7. The number of carbonyl (C=O) groups is 4. The molecule has 6 aromatic carbocycles. The Bertz CT molecular complexity index is 2350. The second-order valence-electron chi connectivity index (χ2n) is 14.4. The van der Waals surface area contributed by atoms with Crippen molar-refractivity contribution in [3.8, 4) is 22.3 Å². The number of aromatic carboxylic acids is 1. The van der Waals surface area contributed by atoms with Crippen molar-refractivity contribution in [2.24, 2.45) is 5.90 Å². The fourth-order valence-electron chi connectivity index (χ4n) is 7.52. The second-order valence-corrected chi connectivity index (χ2v) is 14.4. The SMILES string of the molecule is CCOCC(=O)c1ccc(CC(=O)OCC2c3ccccc3-c3ccccc32)cc1.CCON.O=C(Cc1ccc(C(=O)O)cc1)OCC1c2ccccc2-c2ccccc21.